The summed E-state index contributed by atoms with van der Waals surface area (Å²) in [4.78, 5) is 13.6. The molecule has 436 valence electrons. The summed E-state index contributed by atoms with van der Waals surface area (Å²) in [7, 11) is 8.13. The van der Waals surface area contributed by atoms with Crippen LogP contribution in [0.5, 0.6) is 0 Å². The SMILES string of the molecule is COC(C)(C1=Cc2c(cc(C)c(C)c2C)C1)c1c(C)c(C)c(C)c2c1ccn2C.Cc1cc2c(c(C)c1C)C=C(C(=O)c1c(C)c(C)c(C)c3c1ccn3C)C2.Cc1cc2c(c(C)c1C)C=C(C(C)(O)c1c(C)c(C)c(C)c3c1ccn3C)C2. The summed E-state index contributed by atoms with van der Waals surface area (Å²) in [5.74, 6) is 0.178. The fraction of sp³-hybridized carbons (Fsp3) is 0.372. The van der Waals surface area contributed by atoms with Gasteiger partial charge in [0.15, 0.2) is 5.78 Å². The number of hydrogen-bond acceptors (Lipinski definition) is 3. The number of carbonyl (C=O) groups is 1. The van der Waals surface area contributed by atoms with E-state index in [1.807, 2.05) is 14.0 Å². The van der Waals surface area contributed by atoms with Crippen molar-refractivity contribution in [3.63, 3.8) is 0 Å². The molecule has 3 aromatic heterocycles. The Kier molecular flexibility index (Phi) is 15.2. The van der Waals surface area contributed by atoms with Gasteiger partial charge in [-0.05, 0) is 326 Å². The van der Waals surface area contributed by atoms with Crippen LogP contribution in [0.15, 0.2) is 71.7 Å². The predicted octanol–water partition coefficient (Wildman–Crippen LogP) is 18.3. The van der Waals surface area contributed by atoms with Gasteiger partial charge >= 0.3 is 0 Å². The number of carbonyl (C=O) groups excluding carboxylic acids is 1. The van der Waals surface area contributed by atoms with Crippen LogP contribution in [-0.2, 0) is 56.3 Å². The molecule has 0 bridgehead atoms. The number of rotatable bonds is 7. The van der Waals surface area contributed by atoms with E-state index in [0.717, 1.165) is 57.9 Å². The van der Waals surface area contributed by atoms with Gasteiger partial charge in [-0.3, -0.25) is 4.79 Å². The van der Waals surface area contributed by atoms with Crippen LogP contribution in [0.1, 0.15) is 169 Å². The minimum Gasteiger partial charge on any atom is -0.381 e. The molecule has 0 amide bonds. The molecule has 9 aromatic rings. The molecule has 0 fully saturated rings. The summed E-state index contributed by atoms with van der Waals surface area (Å²) >= 11 is 0. The summed E-state index contributed by atoms with van der Waals surface area (Å²) in [6.45, 7) is 43.6. The van der Waals surface area contributed by atoms with Crippen LogP contribution < -0.4 is 0 Å². The van der Waals surface area contributed by atoms with Crippen molar-refractivity contribution in [2.24, 2.45) is 21.1 Å². The molecule has 2 unspecified atom stereocenters. The second-order valence-electron chi connectivity index (χ2n) is 26.0. The van der Waals surface area contributed by atoms with Crippen LogP contribution in [0.3, 0.4) is 0 Å². The molecule has 0 spiro atoms. The van der Waals surface area contributed by atoms with Crippen molar-refractivity contribution >= 4 is 56.7 Å². The van der Waals surface area contributed by atoms with E-state index in [4.69, 9.17) is 4.74 Å². The van der Waals surface area contributed by atoms with Gasteiger partial charge in [-0.15, -0.1) is 0 Å². The second-order valence-corrected chi connectivity index (χ2v) is 26.0. The van der Waals surface area contributed by atoms with E-state index in [0.29, 0.717) is 0 Å². The van der Waals surface area contributed by atoms with E-state index in [-0.39, 0.29) is 5.78 Å². The van der Waals surface area contributed by atoms with E-state index < -0.39 is 11.2 Å². The summed E-state index contributed by atoms with van der Waals surface area (Å²) in [6.07, 6.45) is 15.6. The Morgan fingerprint density at radius 3 is 1.24 bits per heavy atom. The van der Waals surface area contributed by atoms with E-state index in [1.165, 1.54) is 161 Å². The topological polar surface area (TPSA) is 61.3 Å². The molecule has 0 saturated carbocycles. The average Bonchev–Trinajstić information content (AvgIpc) is 1.62. The number of aliphatic hydroxyl groups is 1. The lowest BCUT2D eigenvalue weighted by Crippen LogP contribution is -2.29. The Labute approximate surface area is 501 Å². The molecular weight excluding hydrogens is 1030 g/mol. The number of aromatic nitrogens is 3. The Bertz CT molecular complexity index is 4430. The lowest BCUT2D eigenvalue weighted by Gasteiger charge is -2.34. The maximum absolute atomic E-state index is 13.6. The van der Waals surface area contributed by atoms with Crippen LogP contribution in [0.4, 0.5) is 0 Å². The van der Waals surface area contributed by atoms with Gasteiger partial charge in [0, 0.05) is 86.1 Å². The molecular formula is C78H91N3O3. The number of nitrogens with zero attached hydrogens (tertiary/aromatic N) is 3. The molecule has 3 aliphatic rings. The van der Waals surface area contributed by atoms with Gasteiger partial charge in [-0.2, -0.15) is 0 Å². The molecule has 0 aliphatic heterocycles. The summed E-state index contributed by atoms with van der Waals surface area (Å²) in [5, 5.41) is 15.5. The van der Waals surface area contributed by atoms with Gasteiger partial charge in [0.25, 0.3) is 0 Å². The molecule has 6 nitrogen and oxygen atoms in total. The number of benzene rings is 6. The van der Waals surface area contributed by atoms with Gasteiger partial charge in [0.1, 0.15) is 11.2 Å². The highest BCUT2D eigenvalue weighted by Crippen LogP contribution is 2.48. The third-order valence-electron chi connectivity index (χ3n) is 21.7. The van der Waals surface area contributed by atoms with Gasteiger partial charge in [0.2, 0.25) is 0 Å². The number of ketones is 1. The zero-order chi connectivity index (χ0) is 61.4. The van der Waals surface area contributed by atoms with Crippen LogP contribution >= 0.6 is 0 Å². The molecule has 12 rings (SSSR count). The maximum atomic E-state index is 13.6. The highest BCUT2D eigenvalue weighted by Gasteiger charge is 2.39. The molecule has 84 heavy (non-hydrogen) atoms. The van der Waals surface area contributed by atoms with Crippen molar-refractivity contribution in [1.82, 2.24) is 13.7 Å². The lowest BCUT2D eigenvalue weighted by molar-refractivity contribution is 0.0354. The van der Waals surface area contributed by atoms with E-state index >= 15 is 0 Å². The molecule has 0 saturated heterocycles. The largest absolute Gasteiger partial charge is 0.381 e. The standard InChI is InChI=1S/C27H33NO.C26H31NO.C25H27NO/c1-15-12-21-13-22(14-24(21)18(4)16(15)2)27(7,29-9)25-19(5)17(3)20(6)26-23(25)10-11-28(26)8;1-14-11-20-12-21(13-23(20)17(4)15(14)2)26(7,28)24-18(5)16(3)19(6)25-22(24)9-10-27(25)8;1-13-10-19-11-20(12-22(19)16(4)14(13)2)25(27)23-17(5)15(3)18(6)24-21(23)8-9-26(24)7/h10-12,14H,13H2,1-9H3;9-11,13,28H,12H2,1-8H3;8-10,12H,11H2,1-7H3. The summed E-state index contributed by atoms with van der Waals surface area (Å²) in [5.41, 5.74) is 40.3. The number of allylic oxidation sites excluding steroid dienone is 1. The highest BCUT2D eigenvalue weighted by atomic mass is 16.5. The average molecular weight is 1120 g/mol. The lowest BCUT2D eigenvalue weighted by atomic mass is 9.79. The third kappa shape index (κ3) is 9.15. The minimum atomic E-state index is -1.00. The molecule has 6 aromatic carbocycles. The summed E-state index contributed by atoms with van der Waals surface area (Å²) in [6, 6.07) is 13.4. The minimum absolute atomic E-state index is 0.178. The van der Waals surface area contributed by atoms with Gasteiger partial charge in [0.05, 0.1) is 16.6 Å². The maximum Gasteiger partial charge on any atom is 0.190 e. The van der Waals surface area contributed by atoms with Crippen LogP contribution in [0, 0.1) is 125 Å². The molecule has 3 heterocycles. The van der Waals surface area contributed by atoms with E-state index in [9.17, 15) is 9.90 Å². The van der Waals surface area contributed by atoms with Crippen LogP contribution in [0.2, 0.25) is 0 Å². The van der Waals surface area contributed by atoms with E-state index in [2.05, 4.69) is 240 Å². The smallest absolute Gasteiger partial charge is 0.190 e. The number of Topliss-reactive ketones (excluding diaryl/α,β-unsaturated/α-hetero) is 1. The highest BCUT2D eigenvalue weighted by molar-refractivity contribution is 6.20. The van der Waals surface area contributed by atoms with Gasteiger partial charge in [-0.25, -0.2) is 0 Å². The second kappa shape index (κ2) is 21.4. The zero-order valence-electron chi connectivity index (χ0n) is 55.2. The molecule has 3 aliphatic carbocycles. The zero-order valence-corrected chi connectivity index (χ0v) is 55.2. The molecule has 0 radical (unpaired) electrons. The molecule has 2 atom stereocenters. The van der Waals surface area contributed by atoms with Crippen molar-refractivity contribution in [2.75, 3.05) is 7.11 Å². The Balaban J connectivity index is 0.000000140. The van der Waals surface area contributed by atoms with Crippen molar-refractivity contribution in [2.45, 2.75) is 169 Å². The molecule has 1 N–H and O–H groups in total. The van der Waals surface area contributed by atoms with Crippen molar-refractivity contribution in [3.05, 3.63) is 222 Å². The van der Waals surface area contributed by atoms with Crippen molar-refractivity contribution < 1.29 is 14.6 Å². The first-order chi connectivity index (χ1) is 39.4. The third-order valence-corrected chi connectivity index (χ3v) is 21.7. The Hall–Kier alpha value is -7.25. The summed E-state index contributed by atoms with van der Waals surface area (Å²) < 4.78 is 12.9. The van der Waals surface area contributed by atoms with Crippen LogP contribution in [-0.4, -0.2) is 31.7 Å². The predicted molar refractivity (Wildman–Crippen MR) is 357 cm³/mol. The molecule has 6 heteroatoms. The normalized spacial score (nSPS) is 14.8. The van der Waals surface area contributed by atoms with Crippen LogP contribution in [0.25, 0.3) is 50.9 Å². The Morgan fingerprint density at radius 1 is 0.429 bits per heavy atom. The van der Waals surface area contributed by atoms with Crippen molar-refractivity contribution in [1.29, 1.82) is 0 Å². The number of aryl methyl sites for hydroxylation is 9. The fourth-order valence-electron chi connectivity index (χ4n) is 15.0. The number of methoxy groups -OCH3 is 1. The quantitative estimate of drug-likeness (QED) is 0.162. The number of ether oxygens (including phenoxy) is 1. The fourth-order valence-corrected chi connectivity index (χ4v) is 15.0. The first-order valence-electron chi connectivity index (χ1n) is 30.3. The Morgan fingerprint density at radius 2 is 0.786 bits per heavy atom. The first kappa shape index (κ1) is 59.9. The monoisotopic (exact) mass is 1120 g/mol. The van der Waals surface area contributed by atoms with E-state index in [1.54, 1.807) is 0 Å². The van der Waals surface area contributed by atoms with Gasteiger partial charge < -0.3 is 23.5 Å². The van der Waals surface area contributed by atoms with Crippen molar-refractivity contribution in [3.8, 4) is 0 Å². The number of fused-ring (bicyclic) bond motifs is 6. The number of hydrogen-bond donors (Lipinski definition) is 1. The van der Waals surface area contributed by atoms with Gasteiger partial charge in [-0.1, -0.05) is 30.4 Å². The first-order valence-corrected chi connectivity index (χ1v) is 30.3.